The molecule has 1 atom stereocenters. The lowest BCUT2D eigenvalue weighted by Crippen LogP contribution is -2.30. The molecule has 1 fully saturated rings. The highest BCUT2D eigenvalue weighted by atomic mass is 32.2. The summed E-state index contributed by atoms with van der Waals surface area (Å²) in [7, 11) is 0. The molecular weight excluding hydrogens is 230 g/mol. The Morgan fingerprint density at radius 1 is 1.47 bits per heavy atom. The van der Waals surface area contributed by atoms with E-state index in [1.807, 2.05) is 0 Å². The second-order valence-corrected chi connectivity index (χ2v) is 5.46. The van der Waals surface area contributed by atoms with Crippen LogP contribution in [0.1, 0.15) is 38.5 Å². The Bertz CT molecular complexity index is 246. The van der Waals surface area contributed by atoms with Gasteiger partial charge in [-0.1, -0.05) is 48.4 Å². The summed E-state index contributed by atoms with van der Waals surface area (Å²) in [6, 6.07) is 0. The minimum Gasteiger partial charge on any atom is -0.411 e. The second kappa shape index (κ2) is 7.03. The summed E-state index contributed by atoms with van der Waals surface area (Å²) in [5.41, 5.74) is 3.30. The van der Waals surface area contributed by atoms with Crippen LogP contribution in [0.25, 0.3) is 0 Å². The Kier molecular flexibility index (Phi) is 5.97. The van der Waals surface area contributed by atoms with Crippen molar-refractivity contribution in [3.8, 4) is 0 Å². The lowest BCUT2D eigenvalue weighted by Gasteiger charge is -2.20. The normalized spacial score (nSPS) is 25.7. The first-order chi connectivity index (χ1) is 7.27. The number of rotatable bonds is 1. The maximum Gasteiger partial charge on any atom is 0.148 e. The van der Waals surface area contributed by atoms with Crippen LogP contribution in [-0.2, 0) is 0 Å². The first-order valence-electron chi connectivity index (χ1n) is 5.16. The fraction of sp³-hybridized carbons (Fsp3) is 0.778. The van der Waals surface area contributed by atoms with Crippen LogP contribution < -0.4 is 11.3 Å². The Morgan fingerprint density at radius 3 is 2.87 bits per heavy atom. The van der Waals surface area contributed by atoms with Gasteiger partial charge in [0.15, 0.2) is 0 Å². The molecule has 0 radical (unpaired) electrons. The van der Waals surface area contributed by atoms with E-state index < -0.39 is 0 Å². The SMILES string of the molecule is NNC(=S)S[C@@H]1CCCCCC/C1=N/O. The van der Waals surface area contributed by atoms with Crippen molar-refractivity contribution in [3.63, 3.8) is 0 Å². The minimum atomic E-state index is 0.179. The minimum absolute atomic E-state index is 0.179. The van der Waals surface area contributed by atoms with E-state index in [-0.39, 0.29) is 5.25 Å². The predicted molar refractivity (Wildman–Crippen MR) is 68.2 cm³/mol. The first kappa shape index (κ1) is 12.7. The average molecular weight is 247 g/mol. The largest absolute Gasteiger partial charge is 0.411 e. The maximum absolute atomic E-state index is 8.94. The van der Waals surface area contributed by atoms with E-state index in [0.717, 1.165) is 31.4 Å². The van der Waals surface area contributed by atoms with E-state index in [0.29, 0.717) is 4.32 Å². The third kappa shape index (κ3) is 4.36. The Hall–Kier alpha value is -0.330. The van der Waals surface area contributed by atoms with Gasteiger partial charge in [0.2, 0.25) is 0 Å². The lowest BCUT2D eigenvalue weighted by atomic mass is 9.99. The van der Waals surface area contributed by atoms with Crippen molar-refractivity contribution < 1.29 is 5.21 Å². The topological polar surface area (TPSA) is 70.6 Å². The summed E-state index contributed by atoms with van der Waals surface area (Å²) in [5.74, 6) is 5.23. The highest BCUT2D eigenvalue weighted by Gasteiger charge is 2.20. The molecule has 1 aliphatic carbocycles. The van der Waals surface area contributed by atoms with Crippen LogP contribution in [0.15, 0.2) is 5.16 Å². The molecule has 0 unspecified atom stereocenters. The van der Waals surface area contributed by atoms with E-state index in [1.165, 1.54) is 24.6 Å². The quantitative estimate of drug-likeness (QED) is 0.286. The molecule has 0 bridgehead atoms. The standard InChI is InChI=1S/C9H17N3OS2/c10-11-9(14)15-8-6-4-2-1-3-5-7(8)12-13/h8,13H,1-6,10H2,(H,11,14)/b12-7-/t8-/m1/s1. The number of oxime groups is 1. The van der Waals surface area contributed by atoms with E-state index >= 15 is 0 Å². The second-order valence-electron chi connectivity index (χ2n) is 3.58. The Labute approximate surface area is 99.6 Å². The zero-order valence-corrected chi connectivity index (χ0v) is 10.2. The summed E-state index contributed by atoms with van der Waals surface area (Å²) < 4.78 is 0.557. The van der Waals surface area contributed by atoms with Gasteiger partial charge in [-0.25, -0.2) is 5.84 Å². The van der Waals surface area contributed by atoms with Crippen LogP contribution in [0.5, 0.6) is 0 Å². The number of hydrazine groups is 1. The number of nitrogens with one attached hydrogen (secondary N) is 1. The summed E-state index contributed by atoms with van der Waals surface area (Å²) in [6.45, 7) is 0. The molecular formula is C9H17N3OS2. The van der Waals surface area contributed by atoms with Crippen molar-refractivity contribution in [1.82, 2.24) is 5.43 Å². The van der Waals surface area contributed by atoms with Gasteiger partial charge < -0.3 is 10.6 Å². The number of nitrogens with zero attached hydrogens (tertiary/aromatic N) is 1. The number of nitrogens with two attached hydrogens (primary N) is 1. The third-order valence-electron chi connectivity index (χ3n) is 2.52. The van der Waals surface area contributed by atoms with Crippen molar-refractivity contribution in [2.45, 2.75) is 43.8 Å². The van der Waals surface area contributed by atoms with Gasteiger partial charge in [-0.2, -0.15) is 0 Å². The molecule has 0 aromatic heterocycles. The molecule has 0 spiro atoms. The maximum atomic E-state index is 8.94. The highest BCUT2D eigenvalue weighted by Crippen LogP contribution is 2.25. The summed E-state index contributed by atoms with van der Waals surface area (Å²) in [4.78, 5) is 0. The lowest BCUT2D eigenvalue weighted by molar-refractivity contribution is 0.315. The van der Waals surface area contributed by atoms with Gasteiger partial charge in [0, 0.05) is 0 Å². The van der Waals surface area contributed by atoms with E-state index in [2.05, 4.69) is 10.6 Å². The van der Waals surface area contributed by atoms with Gasteiger partial charge in [-0.3, -0.25) is 0 Å². The van der Waals surface area contributed by atoms with Gasteiger partial charge in [0.1, 0.15) is 4.32 Å². The number of hydrogen-bond acceptors (Lipinski definition) is 5. The van der Waals surface area contributed by atoms with Crippen LogP contribution in [0.2, 0.25) is 0 Å². The van der Waals surface area contributed by atoms with Crippen LogP contribution >= 0.6 is 24.0 Å². The average Bonchev–Trinajstić information content (AvgIpc) is 2.22. The van der Waals surface area contributed by atoms with Crippen molar-refractivity contribution in [2.24, 2.45) is 11.0 Å². The highest BCUT2D eigenvalue weighted by molar-refractivity contribution is 8.23. The molecule has 0 aliphatic heterocycles. The first-order valence-corrected chi connectivity index (χ1v) is 6.44. The van der Waals surface area contributed by atoms with E-state index in [4.69, 9.17) is 23.3 Å². The van der Waals surface area contributed by atoms with Gasteiger partial charge in [-0.15, -0.1) is 0 Å². The number of thioether (sulfide) groups is 1. The molecule has 86 valence electrons. The van der Waals surface area contributed by atoms with Crippen molar-refractivity contribution in [1.29, 1.82) is 0 Å². The zero-order chi connectivity index (χ0) is 11.1. The molecule has 0 saturated heterocycles. The molecule has 0 aromatic carbocycles. The molecule has 0 heterocycles. The Balaban J connectivity index is 2.57. The van der Waals surface area contributed by atoms with Crippen molar-refractivity contribution in [2.75, 3.05) is 0 Å². The van der Waals surface area contributed by atoms with Crippen molar-refractivity contribution in [3.05, 3.63) is 0 Å². The summed E-state index contributed by atoms with van der Waals surface area (Å²) >= 11 is 6.49. The molecule has 0 aromatic rings. The summed E-state index contributed by atoms with van der Waals surface area (Å²) in [5, 5.41) is 12.5. The molecule has 4 N–H and O–H groups in total. The zero-order valence-electron chi connectivity index (χ0n) is 8.61. The molecule has 1 aliphatic rings. The molecule has 4 nitrogen and oxygen atoms in total. The van der Waals surface area contributed by atoms with Gasteiger partial charge in [-0.05, 0) is 19.3 Å². The fourth-order valence-electron chi connectivity index (χ4n) is 1.72. The predicted octanol–water partition coefficient (Wildman–Crippen LogP) is 2.02. The number of thiocarbonyl (C=S) groups is 1. The Morgan fingerprint density at radius 2 is 2.20 bits per heavy atom. The monoisotopic (exact) mass is 247 g/mol. The molecule has 6 heteroatoms. The molecule has 1 saturated carbocycles. The van der Waals surface area contributed by atoms with Gasteiger partial charge >= 0.3 is 0 Å². The van der Waals surface area contributed by atoms with Crippen LogP contribution in [-0.4, -0.2) is 20.5 Å². The molecule has 0 amide bonds. The van der Waals surface area contributed by atoms with E-state index in [9.17, 15) is 0 Å². The molecule has 1 rings (SSSR count). The fourth-order valence-corrected chi connectivity index (χ4v) is 2.98. The van der Waals surface area contributed by atoms with E-state index in [1.54, 1.807) is 0 Å². The van der Waals surface area contributed by atoms with Gasteiger partial charge in [0.05, 0.1) is 11.0 Å². The number of hydrogen-bond donors (Lipinski definition) is 3. The van der Waals surface area contributed by atoms with Crippen LogP contribution in [0.3, 0.4) is 0 Å². The van der Waals surface area contributed by atoms with Crippen molar-refractivity contribution >= 4 is 34.0 Å². The summed E-state index contributed by atoms with van der Waals surface area (Å²) in [6.07, 6.45) is 6.59. The van der Waals surface area contributed by atoms with Crippen LogP contribution in [0.4, 0.5) is 0 Å². The van der Waals surface area contributed by atoms with Gasteiger partial charge in [0.25, 0.3) is 0 Å². The third-order valence-corrected chi connectivity index (χ3v) is 4.05. The smallest absolute Gasteiger partial charge is 0.148 e. The molecule has 15 heavy (non-hydrogen) atoms. The van der Waals surface area contributed by atoms with Crippen LogP contribution in [0, 0.1) is 0 Å².